The lowest BCUT2D eigenvalue weighted by atomic mass is 9.50. The summed E-state index contributed by atoms with van der Waals surface area (Å²) in [6.07, 6.45) is -8.59. The number of likely N-dealkylation sites (tertiary alicyclic amines) is 1. The van der Waals surface area contributed by atoms with E-state index in [1.54, 1.807) is 6.20 Å². The average molecular weight is 844 g/mol. The number of aliphatic hydroxyl groups excluding tert-OH is 10. The van der Waals surface area contributed by atoms with E-state index in [9.17, 15) is 60.8 Å². The van der Waals surface area contributed by atoms with Crippen molar-refractivity contribution in [1.29, 1.82) is 5.26 Å². The fraction of sp³-hybridized carbons (Fsp3) is 0.865. The van der Waals surface area contributed by atoms with Crippen LogP contribution in [0.4, 0.5) is 4.79 Å². The fourth-order valence-electron chi connectivity index (χ4n) is 9.88. The first-order valence-corrected chi connectivity index (χ1v) is 20.2. The number of nitrogens with zero attached hydrogens (tertiary/aromatic N) is 7. The van der Waals surface area contributed by atoms with E-state index in [-0.39, 0.29) is 57.2 Å². The van der Waals surface area contributed by atoms with Crippen LogP contribution in [0.3, 0.4) is 0 Å². The molecule has 334 valence electrons. The standard InChI is InChI=1S/C37H61N7O15/c38-13-25-2-1-3-43(25)30(51)18-44(35(56)57)36-9-22-8-23(10-36)12-37(11-22,21-36)59-7-6-58-5-4-42-15-24(39-40-42)14-41(16-26(47)31(52)33(54)28(49)19-45)17-27(48)32(53)34(55)29(50)20-46/h15,22-23,25-29,31-34,45-50,52-55H,1-12,14,16-21H2,(H,56,57)/t22-,23?,25-,26-,27-,28+,29+,31+,32+,33+,34+,36?,37?/m0/s1. The van der Waals surface area contributed by atoms with Crippen LogP contribution in [0.2, 0.25) is 0 Å². The van der Waals surface area contributed by atoms with E-state index >= 15 is 0 Å². The zero-order chi connectivity index (χ0) is 43.1. The first kappa shape index (κ1) is 46.9. The van der Waals surface area contributed by atoms with Crippen LogP contribution in [-0.4, -0.2) is 223 Å². The number of carboxylic acid groups (broad SMARTS) is 1. The number of hydrogen-bond acceptors (Lipinski definition) is 18. The molecule has 1 saturated heterocycles. The van der Waals surface area contributed by atoms with E-state index in [0.29, 0.717) is 44.3 Å². The molecule has 3 unspecified atom stereocenters. The molecule has 0 radical (unpaired) electrons. The van der Waals surface area contributed by atoms with Crippen LogP contribution in [0.15, 0.2) is 6.20 Å². The highest BCUT2D eigenvalue weighted by Crippen LogP contribution is 2.60. The van der Waals surface area contributed by atoms with Gasteiger partial charge in [-0.15, -0.1) is 5.10 Å². The molecule has 5 fully saturated rings. The molecule has 4 saturated carbocycles. The number of amides is 2. The molecule has 1 aliphatic heterocycles. The van der Waals surface area contributed by atoms with Crippen molar-refractivity contribution in [3.8, 4) is 6.07 Å². The van der Waals surface area contributed by atoms with E-state index in [1.807, 2.05) is 0 Å². The smallest absolute Gasteiger partial charge is 0.408 e. The Labute approximate surface area is 341 Å². The number of aliphatic hydroxyl groups is 10. The van der Waals surface area contributed by atoms with E-state index in [0.717, 1.165) is 19.3 Å². The second-order valence-corrected chi connectivity index (χ2v) is 16.8. The molecular weight excluding hydrogens is 782 g/mol. The molecule has 0 aromatic carbocycles. The van der Waals surface area contributed by atoms with Crippen LogP contribution in [0.5, 0.6) is 0 Å². The summed E-state index contributed by atoms with van der Waals surface area (Å²) < 4.78 is 13.8. The molecule has 59 heavy (non-hydrogen) atoms. The fourth-order valence-corrected chi connectivity index (χ4v) is 9.88. The lowest BCUT2D eigenvalue weighted by Crippen LogP contribution is -2.68. The molecule has 5 aliphatic rings. The van der Waals surface area contributed by atoms with Crippen molar-refractivity contribution in [1.82, 2.24) is 29.7 Å². The van der Waals surface area contributed by atoms with Gasteiger partial charge in [-0.1, -0.05) is 5.21 Å². The van der Waals surface area contributed by atoms with Crippen LogP contribution in [0, 0.1) is 23.2 Å². The first-order valence-electron chi connectivity index (χ1n) is 20.2. The molecule has 2 heterocycles. The SMILES string of the molecule is N#C[C@@H]1CCCN1C(=O)CN(C(=O)O)C12CC3C[C@H](CC(OCCOCCn4cc(CN(C[C@H](O)[C@@H](O)[C@H](O)[C@H](O)CO)C[C@H](O)[C@@H](O)[C@H](O)[C@H](O)CO)nn4)(C3)C1)C2. The predicted octanol–water partition coefficient (Wildman–Crippen LogP) is -4.43. The van der Waals surface area contributed by atoms with Crippen LogP contribution in [-0.2, 0) is 27.4 Å². The number of aromatic nitrogens is 3. The molecule has 6 rings (SSSR count). The van der Waals surface area contributed by atoms with Crippen molar-refractivity contribution >= 4 is 12.0 Å². The number of nitriles is 1. The summed E-state index contributed by atoms with van der Waals surface area (Å²) in [7, 11) is 0. The van der Waals surface area contributed by atoms with Gasteiger partial charge >= 0.3 is 6.09 Å². The van der Waals surface area contributed by atoms with Crippen molar-refractivity contribution in [2.24, 2.45) is 11.8 Å². The Morgan fingerprint density at radius 2 is 1.47 bits per heavy atom. The zero-order valence-electron chi connectivity index (χ0n) is 33.0. The highest BCUT2D eigenvalue weighted by molar-refractivity contribution is 5.83. The average Bonchev–Trinajstić information content (AvgIpc) is 3.88. The summed E-state index contributed by atoms with van der Waals surface area (Å²) in [6, 6.07) is 1.62. The van der Waals surface area contributed by atoms with Gasteiger partial charge in [0, 0.05) is 32.4 Å². The number of carbonyl (C=O) groups excluding carboxylic acids is 1. The van der Waals surface area contributed by atoms with Gasteiger partial charge in [0.25, 0.3) is 0 Å². The van der Waals surface area contributed by atoms with Gasteiger partial charge in [-0.05, 0) is 63.2 Å². The minimum absolute atomic E-state index is 0.142. The Morgan fingerprint density at radius 3 is 2.03 bits per heavy atom. The normalized spacial score (nSPS) is 29.1. The molecule has 11 N–H and O–H groups in total. The zero-order valence-corrected chi connectivity index (χ0v) is 33.0. The maximum atomic E-state index is 13.3. The van der Waals surface area contributed by atoms with Crippen LogP contribution >= 0.6 is 0 Å². The molecular formula is C37H61N7O15. The Balaban J connectivity index is 1.12. The Morgan fingerprint density at radius 1 is 0.881 bits per heavy atom. The third-order valence-electron chi connectivity index (χ3n) is 12.4. The summed E-state index contributed by atoms with van der Waals surface area (Å²) in [5, 5.41) is 128. The summed E-state index contributed by atoms with van der Waals surface area (Å²) in [5.74, 6) is 0.191. The minimum Gasteiger partial charge on any atom is -0.465 e. The number of ether oxygens (including phenoxy) is 2. The Hall–Kier alpha value is -3.15. The molecule has 1 aromatic rings. The second kappa shape index (κ2) is 20.6. The molecule has 2 amide bonds. The van der Waals surface area contributed by atoms with Crippen molar-refractivity contribution in [2.75, 3.05) is 59.2 Å². The third kappa shape index (κ3) is 11.4. The van der Waals surface area contributed by atoms with E-state index in [1.165, 1.54) is 19.4 Å². The topological polar surface area (TPSA) is 339 Å². The molecule has 13 atom stereocenters. The Kier molecular flexibility index (Phi) is 16.4. The predicted molar refractivity (Wildman–Crippen MR) is 200 cm³/mol. The highest BCUT2D eigenvalue weighted by Gasteiger charge is 2.61. The second-order valence-electron chi connectivity index (χ2n) is 16.8. The van der Waals surface area contributed by atoms with Gasteiger partial charge in [0.05, 0.1) is 74.7 Å². The quantitative estimate of drug-likeness (QED) is 0.0438. The third-order valence-corrected chi connectivity index (χ3v) is 12.4. The van der Waals surface area contributed by atoms with Gasteiger partial charge in [0.15, 0.2) is 0 Å². The van der Waals surface area contributed by atoms with Crippen molar-refractivity contribution < 1.29 is 75.2 Å². The summed E-state index contributed by atoms with van der Waals surface area (Å²) >= 11 is 0. The van der Waals surface area contributed by atoms with Gasteiger partial charge < -0.3 is 70.5 Å². The monoisotopic (exact) mass is 843 g/mol. The van der Waals surface area contributed by atoms with Gasteiger partial charge in [0.1, 0.15) is 49.2 Å². The van der Waals surface area contributed by atoms with E-state index in [4.69, 9.17) is 19.7 Å². The van der Waals surface area contributed by atoms with E-state index in [2.05, 4.69) is 16.4 Å². The van der Waals surface area contributed by atoms with Crippen LogP contribution in [0.1, 0.15) is 57.1 Å². The van der Waals surface area contributed by atoms with Gasteiger partial charge in [-0.3, -0.25) is 14.6 Å². The molecule has 0 spiro atoms. The molecule has 22 nitrogen and oxygen atoms in total. The number of rotatable bonds is 24. The van der Waals surface area contributed by atoms with Gasteiger partial charge in [-0.25, -0.2) is 9.48 Å². The summed E-state index contributed by atoms with van der Waals surface area (Å²) in [5.41, 5.74) is -0.959. The highest BCUT2D eigenvalue weighted by atomic mass is 16.5. The van der Waals surface area contributed by atoms with Crippen molar-refractivity contribution in [3.63, 3.8) is 0 Å². The van der Waals surface area contributed by atoms with Gasteiger partial charge in [0.2, 0.25) is 5.91 Å². The Bertz CT molecular complexity index is 1520. The molecule has 4 bridgehead atoms. The number of hydrogen-bond donors (Lipinski definition) is 11. The molecule has 1 aromatic heterocycles. The molecule has 4 aliphatic carbocycles. The van der Waals surface area contributed by atoms with Gasteiger partial charge in [-0.2, -0.15) is 5.26 Å². The minimum atomic E-state index is -1.93. The van der Waals surface area contributed by atoms with Crippen molar-refractivity contribution in [2.45, 2.75) is 130 Å². The summed E-state index contributed by atoms with van der Waals surface area (Å²) in [4.78, 5) is 30.1. The van der Waals surface area contributed by atoms with Crippen LogP contribution in [0.25, 0.3) is 0 Å². The van der Waals surface area contributed by atoms with Crippen molar-refractivity contribution in [3.05, 3.63) is 11.9 Å². The largest absolute Gasteiger partial charge is 0.465 e. The maximum absolute atomic E-state index is 13.3. The maximum Gasteiger partial charge on any atom is 0.408 e. The first-order chi connectivity index (χ1) is 28.0. The van der Waals surface area contributed by atoms with Crippen LogP contribution < -0.4 is 0 Å². The molecule has 22 heteroatoms. The van der Waals surface area contributed by atoms with E-state index < -0.39 is 98.4 Å². The summed E-state index contributed by atoms with van der Waals surface area (Å²) in [6.45, 7) is -1.74. The number of carbonyl (C=O) groups is 2. The lowest BCUT2D eigenvalue weighted by Gasteiger charge is -2.63. The lowest BCUT2D eigenvalue weighted by molar-refractivity contribution is -0.200.